The molecule has 1 aromatic carbocycles. The van der Waals surface area contributed by atoms with Gasteiger partial charge in [-0.15, -0.1) is 0 Å². The summed E-state index contributed by atoms with van der Waals surface area (Å²) in [7, 11) is -1.75. The molecule has 2 aromatic rings. The highest BCUT2D eigenvalue weighted by molar-refractivity contribution is 7.89. The first-order valence-corrected chi connectivity index (χ1v) is 9.95. The van der Waals surface area contributed by atoms with Gasteiger partial charge in [0.05, 0.1) is 28.4 Å². The molecule has 2 atom stereocenters. The van der Waals surface area contributed by atoms with Crippen molar-refractivity contribution in [3.8, 4) is 0 Å². The molecule has 0 amide bonds. The summed E-state index contributed by atoms with van der Waals surface area (Å²) in [5, 5.41) is 0. The second kappa shape index (κ2) is 5.82. The number of imidazole rings is 1. The Hall–Kier alpha value is -1.44. The fourth-order valence-electron chi connectivity index (χ4n) is 4.49. The Morgan fingerprint density at radius 2 is 2.17 bits per heavy atom. The molecule has 4 rings (SSSR count). The summed E-state index contributed by atoms with van der Waals surface area (Å²) in [6.45, 7) is 1.15. The van der Waals surface area contributed by atoms with Gasteiger partial charge < -0.3 is 9.72 Å². The molecule has 1 aromatic heterocycles. The number of aromatic amines is 1. The van der Waals surface area contributed by atoms with Crippen molar-refractivity contribution in [2.75, 3.05) is 20.2 Å². The van der Waals surface area contributed by atoms with E-state index in [9.17, 15) is 8.42 Å². The molecule has 7 heteroatoms. The molecule has 2 heterocycles. The van der Waals surface area contributed by atoms with Crippen LogP contribution in [0.2, 0.25) is 0 Å². The Balaban J connectivity index is 1.66. The summed E-state index contributed by atoms with van der Waals surface area (Å²) in [6, 6.07) is 5.09. The number of aromatic nitrogens is 2. The molecule has 0 radical (unpaired) electrons. The van der Waals surface area contributed by atoms with Gasteiger partial charge in [-0.25, -0.2) is 13.4 Å². The summed E-state index contributed by atoms with van der Waals surface area (Å²) in [4.78, 5) is 7.47. The third kappa shape index (κ3) is 2.46. The fraction of sp³-hybridized carbons (Fsp3) is 0.588. The van der Waals surface area contributed by atoms with E-state index in [0.29, 0.717) is 18.0 Å². The maximum absolute atomic E-state index is 13.1. The number of benzene rings is 1. The van der Waals surface area contributed by atoms with Gasteiger partial charge in [0.2, 0.25) is 10.0 Å². The van der Waals surface area contributed by atoms with Crippen molar-refractivity contribution in [3.63, 3.8) is 0 Å². The lowest BCUT2D eigenvalue weighted by atomic mass is 9.77. The lowest BCUT2D eigenvalue weighted by Crippen LogP contribution is -2.49. The molecule has 0 unspecified atom stereocenters. The molecule has 1 aliphatic heterocycles. The number of rotatable bonds is 3. The standard InChI is InChI=1S/C17H23N3O3S/c1-23-16-4-2-7-17(16)8-3-9-20(11-17)24(21,22)13-5-6-14-15(10-13)19-12-18-14/h5-6,10,12,16H,2-4,7-9,11H2,1H3,(H,18,19)/t16-,17+/m1/s1. The van der Waals surface area contributed by atoms with Crippen LogP contribution >= 0.6 is 0 Å². The van der Waals surface area contributed by atoms with Crippen LogP contribution in [0.4, 0.5) is 0 Å². The Morgan fingerprint density at radius 1 is 1.33 bits per heavy atom. The second-order valence-corrected chi connectivity index (χ2v) is 8.94. The highest BCUT2D eigenvalue weighted by Gasteiger charge is 2.48. The summed E-state index contributed by atoms with van der Waals surface area (Å²) < 4.78 is 33.6. The average molecular weight is 349 g/mol. The number of hydrogen-bond acceptors (Lipinski definition) is 4. The van der Waals surface area contributed by atoms with E-state index in [-0.39, 0.29) is 11.5 Å². The number of nitrogens with one attached hydrogen (secondary N) is 1. The quantitative estimate of drug-likeness (QED) is 0.924. The van der Waals surface area contributed by atoms with E-state index in [2.05, 4.69) is 9.97 Å². The fourth-order valence-corrected chi connectivity index (χ4v) is 6.09. The molecule has 130 valence electrons. The molecule has 6 nitrogen and oxygen atoms in total. The normalized spacial score (nSPS) is 28.8. The summed E-state index contributed by atoms with van der Waals surface area (Å²) in [5.41, 5.74) is 1.51. The maximum Gasteiger partial charge on any atom is 0.243 e. The monoisotopic (exact) mass is 349 g/mol. The van der Waals surface area contributed by atoms with Gasteiger partial charge in [0.1, 0.15) is 0 Å². The van der Waals surface area contributed by atoms with Gasteiger partial charge in [-0.05, 0) is 43.9 Å². The van der Waals surface area contributed by atoms with Gasteiger partial charge in [0.15, 0.2) is 0 Å². The molecule has 1 aliphatic carbocycles. The molecule has 1 saturated carbocycles. The zero-order valence-corrected chi connectivity index (χ0v) is 14.7. The van der Waals surface area contributed by atoms with Crippen LogP contribution < -0.4 is 0 Å². The topological polar surface area (TPSA) is 75.3 Å². The van der Waals surface area contributed by atoms with Gasteiger partial charge >= 0.3 is 0 Å². The highest BCUT2D eigenvalue weighted by atomic mass is 32.2. The molecular formula is C17H23N3O3S. The van der Waals surface area contributed by atoms with E-state index >= 15 is 0 Å². The Morgan fingerprint density at radius 3 is 3.00 bits per heavy atom. The van der Waals surface area contributed by atoms with Gasteiger partial charge in [-0.3, -0.25) is 0 Å². The Bertz CT molecular complexity index is 848. The van der Waals surface area contributed by atoms with Crippen molar-refractivity contribution in [3.05, 3.63) is 24.5 Å². The highest BCUT2D eigenvalue weighted by Crippen LogP contribution is 2.47. The minimum atomic E-state index is -3.50. The number of methoxy groups -OCH3 is 1. The van der Waals surface area contributed by atoms with Crippen LogP contribution in [0.15, 0.2) is 29.4 Å². The van der Waals surface area contributed by atoms with Gasteiger partial charge in [-0.2, -0.15) is 4.31 Å². The predicted octanol–water partition coefficient (Wildman–Crippen LogP) is 2.53. The molecule has 1 spiro atoms. The van der Waals surface area contributed by atoms with Gasteiger partial charge in [-0.1, -0.05) is 6.42 Å². The maximum atomic E-state index is 13.1. The lowest BCUT2D eigenvalue weighted by Gasteiger charge is -2.43. The SMILES string of the molecule is CO[C@@H]1CCC[C@@]12CCCN(S(=O)(=O)c1ccc3nc[nH]c3c1)C2. The summed E-state index contributed by atoms with van der Waals surface area (Å²) >= 11 is 0. The first-order valence-electron chi connectivity index (χ1n) is 8.51. The number of sulfonamides is 1. The number of hydrogen-bond donors (Lipinski definition) is 1. The van der Waals surface area contributed by atoms with Crippen LogP contribution in [0, 0.1) is 5.41 Å². The van der Waals surface area contributed by atoms with Gasteiger partial charge in [0.25, 0.3) is 0 Å². The third-order valence-electron chi connectivity index (χ3n) is 5.71. The summed E-state index contributed by atoms with van der Waals surface area (Å²) in [5.74, 6) is 0. The van der Waals surface area contributed by atoms with Crippen LogP contribution in [0.1, 0.15) is 32.1 Å². The van der Waals surface area contributed by atoms with Crippen LogP contribution in [-0.2, 0) is 14.8 Å². The molecule has 2 aliphatic rings. The van der Waals surface area contributed by atoms with E-state index in [1.165, 1.54) is 0 Å². The first-order chi connectivity index (χ1) is 11.5. The van der Waals surface area contributed by atoms with Gasteiger partial charge in [0, 0.05) is 25.6 Å². The number of fused-ring (bicyclic) bond motifs is 1. The zero-order valence-electron chi connectivity index (χ0n) is 13.9. The predicted molar refractivity (Wildman–Crippen MR) is 91.2 cm³/mol. The van der Waals surface area contributed by atoms with Crippen molar-refractivity contribution in [1.82, 2.24) is 14.3 Å². The van der Waals surface area contributed by atoms with E-state index in [1.54, 1.807) is 35.9 Å². The molecular weight excluding hydrogens is 326 g/mol. The number of nitrogens with zero attached hydrogens (tertiary/aromatic N) is 2. The largest absolute Gasteiger partial charge is 0.381 e. The number of piperidine rings is 1. The van der Waals surface area contributed by atoms with Crippen LogP contribution in [0.3, 0.4) is 0 Å². The molecule has 2 fully saturated rings. The first kappa shape index (κ1) is 16.1. The minimum absolute atomic E-state index is 0.0157. The van der Waals surface area contributed by atoms with Crippen LogP contribution in [0.25, 0.3) is 11.0 Å². The van der Waals surface area contributed by atoms with Crippen molar-refractivity contribution in [2.24, 2.45) is 5.41 Å². The van der Waals surface area contributed by atoms with Crippen LogP contribution in [-0.4, -0.2) is 49.0 Å². The zero-order chi connectivity index (χ0) is 16.8. The average Bonchev–Trinajstić information content (AvgIpc) is 3.20. The molecule has 0 bridgehead atoms. The van der Waals surface area contributed by atoms with E-state index in [1.807, 2.05) is 0 Å². The smallest absolute Gasteiger partial charge is 0.243 e. The van der Waals surface area contributed by atoms with E-state index < -0.39 is 10.0 Å². The van der Waals surface area contributed by atoms with Crippen molar-refractivity contribution in [1.29, 1.82) is 0 Å². The van der Waals surface area contributed by atoms with Crippen LogP contribution in [0.5, 0.6) is 0 Å². The third-order valence-corrected chi connectivity index (χ3v) is 7.55. The Labute approximate surface area is 142 Å². The van der Waals surface area contributed by atoms with Crippen molar-refractivity contribution < 1.29 is 13.2 Å². The van der Waals surface area contributed by atoms with E-state index in [4.69, 9.17) is 4.74 Å². The molecule has 24 heavy (non-hydrogen) atoms. The Kier molecular flexibility index (Phi) is 3.89. The number of H-pyrrole nitrogens is 1. The van der Waals surface area contributed by atoms with E-state index in [0.717, 1.165) is 43.1 Å². The van der Waals surface area contributed by atoms with Crippen molar-refractivity contribution in [2.45, 2.75) is 43.1 Å². The number of ether oxygens (including phenoxy) is 1. The van der Waals surface area contributed by atoms with Crippen molar-refractivity contribution >= 4 is 21.1 Å². The molecule has 1 N–H and O–H groups in total. The summed E-state index contributed by atoms with van der Waals surface area (Å²) in [6.07, 6.45) is 6.90. The lowest BCUT2D eigenvalue weighted by molar-refractivity contribution is -0.0184. The second-order valence-electron chi connectivity index (χ2n) is 7.00. The molecule has 1 saturated heterocycles. The minimum Gasteiger partial charge on any atom is -0.381 e.